The lowest BCUT2D eigenvalue weighted by Crippen LogP contribution is -2.39. The molecular weight excluding hydrogens is 476 g/mol. The van der Waals surface area contributed by atoms with Crippen LogP contribution in [0.4, 0.5) is 10.1 Å². The van der Waals surface area contributed by atoms with Crippen molar-refractivity contribution in [3.63, 3.8) is 0 Å². The fourth-order valence-corrected chi connectivity index (χ4v) is 6.03. The molecule has 0 radical (unpaired) electrons. The highest BCUT2D eigenvalue weighted by atomic mass is 35.5. The molecule has 1 aliphatic heterocycles. The number of nitriles is 1. The van der Waals surface area contributed by atoms with Gasteiger partial charge in [0.2, 0.25) is 0 Å². The van der Waals surface area contributed by atoms with Gasteiger partial charge in [-0.1, -0.05) is 34.4 Å². The Morgan fingerprint density at radius 1 is 1.18 bits per heavy atom. The third-order valence-corrected chi connectivity index (χ3v) is 7.90. The van der Waals surface area contributed by atoms with Crippen LogP contribution in [0.25, 0.3) is 11.3 Å². The number of anilines is 1. The molecule has 2 bridgehead atoms. The maximum absolute atomic E-state index is 14.6. The molecule has 174 valence electrons. The Bertz CT molecular complexity index is 1280. The van der Waals surface area contributed by atoms with Crippen molar-refractivity contribution in [2.75, 3.05) is 11.4 Å². The topological polar surface area (TPSA) is 62.3 Å². The van der Waals surface area contributed by atoms with Gasteiger partial charge in [0.05, 0.1) is 40.1 Å². The van der Waals surface area contributed by atoms with Crippen LogP contribution in [0, 0.1) is 23.1 Å². The summed E-state index contributed by atoms with van der Waals surface area (Å²) in [7, 11) is 0. The smallest absolute Gasteiger partial charge is 0.147 e. The summed E-state index contributed by atoms with van der Waals surface area (Å²) in [5, 5.41) is 14.4. The van der Waals surface area contributed by atoms with Gasteiger partial charge in [-0.15, -0.1) is 0 Å². The summed E-state index contributed by atoms with van der Waals surface area (Å²) in [5.41, 5.74) is 3.16. The maximum Gasteiger partial charge on any atom is 0.147 e. The van der Waals surface area contributed by atoms with Gasteiger partial charge in [-0.3, -0.25) is 0 Å². The van der Waals surface area contributed by atoms with Gasteiger partial charge in [0.25, 0.3) is 0 Å². The van der Waals surface area contributed by atoms with Crippen molar-refractivity contribution in [2.45, 2.75) is 50.4 Å². The van der Waals surface area contributed by atoms with Crippen LogP contribution in [0.15, 0.2) is 40.9 Å². The average Bonchev–Trinajstić information content (AvgIpc) is 3.28. The van der Waals surface area contributed by atoms with Crippen LogP contribution in [0.3, 0.4) is 0 Å². The number of rotatable bonds is 6. The zero-order valence-electron chi connectivity index (χ0n) is 18.3. The molecule has 1 saturated heterocycles. The van der Waals surface area contributed by atoms with E-state index in [0.717, 1.165) is 43.6 Å². The SMILES string of the molecule is N#Cc1ccc(N2C[C@@H]3C[C@H]2C[C@H]3OCc2c(-c3c(Cl)cccc3Cl)noc2C2CC2)c(F)c1. The highest BCUT2D eigenvalue weighted by Gasteiger charge is 2.46. The van der Waals surface area contributed by atoms with E-state index in [-0.39, 0.29) is 18.0 Å². The summed E-state index contributed by atoms with van der Waals surface area (Å²) in [5.74, 6) is 1.21. The Hall–Kier alpha value is -2.59. The highest BCUT2D eigenvalue weighted by Crippen LogP contribution is 2.47. The molecule has 0 unspecified atom stereocenters. The van der Waals surface area contributed by atoms with Crippen LogP contribution in [-0.2, 0) is 11.3 Å². The van der Waals surface area contributed by atoms with Gasteiger partial charge < -0.3 is 14.2 Å². The van der Waals surface area contributed by atoms with E-state index in [1.165, 1.54) is 6.07 Å². The Balaban J connectivity index is 1.20. The third kappa shape index (κ3) is 3.76. The molecule has 0 N–H and O–H groups in total. The lowest BCUT2D eigenvalue weighted by molar-refractivity contribution is 0.0122. The molecule has 0 amide bonds. The molecule has 8 heteroatoms. The van der Waals surface area contributed by atoms with Crippen molar-refractivity contribution in [2.24, 2.45) is 5.92 Å². The maximum atomic E-state index is 14.6. The number of aromatic nitrogens is 1. The zero-order chi connectivity index (χ0) is 23.4. The van der Waals surface area contributed by atoms with E-state index in [1.807, 2.05) is 12.1 Å². The monoisotopic (exact) mass is 497 g/mol. The van der Waals surface area contributed by atoms with Crippen molar-refractivity contribution >= 4 is 28.9 Å². The first-order chi connectivity index (χ1) is 16.5. The van der Waals surface area contributed by atoms with Gasteiger partial charge in [0.1, 0.15) is 17.3 Å². The minimum absolute atomic E-state index is 0.0826. The number of benzene rings is 2. The lowest BCUT2D eigenvalue weighted by Gasteiger charge is -2.33. The normalized spacial score (nSPS) is 23.5. The van der Waals surface area contributed by atoms with Gasteiger partial charge in [0, 0.05) is 35.5 Å². The summed E-state index contributed by atoms with van der Waals surface area (Å²) in [6.45, 7) is 1.12. The number of hydrogen-bond acceptors (Lipinski definition) is 5. The molecule has 3 atom stereocenters. The molecule has 5 nitrogen and oxygen atoms in total. The number of hydrogen-bond donors (Lipinski definition) is 0. The fourth-order valence-electron chi connectivity index (χ4n) is 5.45. The van der Waals surface area contributed by atoms with Crippen molar-refractivity contribution < 1.29 is 13.7 Å². The van der Waals surface area contributed by atoms with E-state index in [9.17, 15) is 4.39 Å². The average molecular weight is 498 g/mol. The van der Waals surface area contributed by atoms with Gasteiger partial charge in [0.15, 0.2) is 0 Å². The second kappa shape index (κ2) is 8.57. The second-order valence-electron chi connectivity index (χ2n) is 9.41. The van der Waals surface area contributed by atoms with Crippen LogP contribution in [-0.4, -0.2) is 23.8 Å². The van der Waals surface area contributed by atoms with Crippen molar-refractivity contribution in [1.29, 1.82) is 5.26 Å². The summed E-state index contributed by atoms with van der Waals surface area (Å²) in [4.78, 5) is 2.12. The first-order valence-electron chi connectivity index (χ1n) is 11.5. The number of piperidine rings is 1. The molecule has 3 aromatic rings. The molecule has 2 saturated carbocycles. The van der Waals surface area contributed by atoms with Crippen LogP contribution >= 0.6 is 23.2 Å². The first-order valence-corrected chi connectivity index (χ1v) is 12.3. The molecule has 3 fully saturated rings. The third-order valence-electron chi connectivity index (χ3n) is 7.27. The van der Waals surface area contributed by atoms with Crippen LogP contribution in [0.1, 0.15) is 48.5 Å². The molecule has 3 aliphatic rings. The van der Waals surface area contributed by atoms with Gasteiger partial charge in [-0.2, -0.15) is 5.26 Å². The van der Waals surface area contributed by atoms with Crippen LogP contribution < -0.4 is 4.90 Å². The van der Waals surface area contributed by atoms with E-state index >= 15 is 0 Å². The minimum Gasteiger partial charge on any atom is -0.373 e. The molecule has 1 aromatic heterocycles. The predicted octanol–water partition coefficient (Wildman–Crippen LogP) is 6.72. The first kappa shape index (κ1) is 21.9. The Labute approximate surface area is 207 Å². The predicted molar refractivity (Wildman–Crippen MR) is 127 cm³/mol. The van der Waals surface area contributed by atoms with Crippen LogP contribution in [0.5, 0.6) is 0 Å². The van der Waals surface area contributed by atoms with Gasteiger partial charge in [-0.05, 0) is 56.0 Å². The minimum atomic E-state index is -0.344. The molecule has 6 rings (SSSR count). The quantitative estimate of drug-likeness (QED) is 0.378. The van der Waals surface area contributed by atoms with E-state index in [2.05, 4.69) is 10.1 Å². The fraction of sp³-hybridized carbons (Fsp3) is 0.385. The summed E-state index contributed by atoms with van der Waals surface area (Å²) < 4.78 is 26.8. The number of halogens is 3. The van der Waals surface area contributed by atoms with E-state index in [4.69, 9.17) is 37.7 Å². The van der Waals surface area contributed by atoms with Gasteiger partial charge in [-0.25, -0.2) is 4.39 Å². The number of fused-ring (bicyclic) bond motifs is 2. The van der Waals surface area contributed by atoms with Crippen molar-refractivity contribution in [3.05, 3.63) is 69.1 Å². The van der Waals surface area contributed by atoms with Crippen molar-refractivity contribution in [1.82, 2.24) is 5.16 Å². The Morgan fingerprint density at radius 3 is 2.62 bits per heavy atom. The number of nitrogens with zero attached hydrogens (tertiary/aromatic N) is 3. The summed E-state index contributed by atoms with van der Waals surface area (Å²) in [6, 6.07) is 12.3. The molecule has 0 spiro atoms. The zero-order valence-corrected chi connectivity index (χ0v) is 19.8. The summed E-state index contributed by atoms with van der Waals surface area (Å²) >= 11 is 12.9. The van der Waals surface area contributed by atoms with E-state index in [1.54, 1.807) is 24.3 Å². The largest absolute Gasteiger partial charge is 0.373 e. The van der Waals surface area contributed by atoms with Crippen molar-refractivity contribution in [3.8, 4) is 17.3 Å². The van der Waals surface area contributed by atoms with E-state index < -0.39 is 0 Å². The highest BCUT2D eigenvalue weighted by molar-refractivity contribution is 6.39. The molecule has 34 heavy (non-hydrogen) atoms. The standard InChI is InChI=1S/C26H22Cl2FN3O2/c27-19-2-1-3-20(28)24(19)25-18(26(34-31-25)15-5-6-15)13-33-23-10-17-9-16(23)12-32(17)22-7-4-14(11-30)8-21(22)29/h1-4,7-8,15-17,23H,5-6,9-10,12-13H2/t16-,17-,23+/m0/s1. The van der Waals surface area contributed by atoms with Gasteiger partial charge >= 0.3 is 0 Å². The summed E-state index contributed by atoms with van der Waals surface area (Å²) in [6.07, 6.45) is 4.04. The molecule has 2 aliphatic carbocycles. The van der Waals surface area contributed by atoms with Crippen LogP contribution in [0.2, 0.25) is 10.0 Å². The number of ether oxygens (including phenoxy) is 1. The van der Waals surface area contributed by atoms with E-state index in [0.29, 0.717) is 51.0 Å². The Kier molecular flexibility index (Phi) is 5.52. The molecule has 2 aromatic carbocycles. The molecular formula is C26H22Cl2FN3O2. The Morgan fingerprint density at radius 2 is 1.97 bits per heavy atom. The second-order valence-corrected chi connectivity index (χ2v) is 10.2. The lowest BCUT2D eigenvalue weighted by atomic mass is 10.0. The molecule has 2 heterocycles.